The second kappa shape index (κ2) is 5.43. The van der Waals surface area contributed by atoms with E-state index in [9.17, 15) is 9.59 Å². The molecule has 0 aromatic heterocycles. The molecule has 1 amide bonds. The minimum atomic E-state index is -1.01. The van der Waals surface area contributed by atoms with Gasteiger partial charge in [0.2, 0.25) is 5.76 Å². The van der Waals surface area contributed by atoms with E-state index in [0.29, 0.717) is 24.5 Å². The molecule has 2 rings (SSSR count). The molecule has 1 aromatic rings. The number of anilines is 1. The van der Waals surface area contributed by atoms with Gasteiger partial charge in [0.1, 0.15) is 19.5 Å². The summed E-state index contributed by atoms with van der Waals surface area (Å²) in [5.41, 5.74) is 1.36. The Bertz CT molecular complexity index is 550. The van der Waals surface area contributed by atoms with Crippen LogP contribution in [0.1, 0.15) is 15.9 Å². The SMILES string of the molecule is Cc1cc(C(=O)O)ccc1NC(=O)C1=COCCO1. The Morgan fingerprint density at radius 2 is 2.11 bits per heavy atom. The highest BCUT2D eigenvalue weighted by Crippen LogP contribution is 2.18. The minimum absolute atomic E-state index is 0.105. The zero-order valence-corrected chi connectivity index (χ0v) is 10.3. The van der Waals surface area contributed by atoms with E-state index in [-0.39, 0.29) is 11.3 Å². The van der Waals surface area contributed by atoms with Crippen molar-refractivity contribution in [3.63, 3.8) is 0 Å². The molecule has 0 saturated carbocycles. The van der Waals surface area contributed by atoms with Crippen molar-refractivity contribution in [2.45, 2.75) is 6.92 Å². The number of ether oxygens (including phenoxy) is 2. The van der Waals surface area contributed by atoms with Gasteiger partial charge in [-0.25, -0.2) is 4.79 Å². The Morgan fingerprint density at radius 1 is 1.32 bits per heavy atom. The van der Waals surface area contributed by atoms with Gasteiger partial charge in [0.25, 0.3) is 5.91 Å². The number of aryl methyl sites for hydroxylation is 1. The van der Waals surface area contributed by atoms with Crippen LogP contribution in [0.25, 0.3) is 0 Å². The second-order valence-electron chi connectivity index (χ2n) is 3.99. The number of hydrogen-bond acceptors (Lipinski definition) is 4. The molecule has 0 bridgehead atoms. The number of rotatable bonds is 3. The van der Waals surface area contributed by atoms with Crippen molar-refractivity contribution in [3.8, 4) is 0 Å². The molecule has 1 aliphatic rings. The molecule has 0 spiro atoms. The molecule has 0 saturated heterocycles. The topological polar surface area (TPSA) is 84.9 Å². The van der Waals surface area contributed by atoms with Gasteiger partial charge in [0.15, 0.2) is 0 Å². The zero-order chi connectivity index (χ0) is 13.8. The lowest BCUT2D eigenvalue weighted by Crippen LogP contribution is -2.21. The minimum Gasteiger partial charge on any atom is -0.494 e. The van der Waals surface area contributed by atoms with Crippen molar-refractivity contribution in [1.82, 2.24) is 0 Å². The first-order chi connectivity index (χ1) is 9.08. The second-order valence-corrected chi connectivity index (χ2v) is 3.99. The van der Waals surface area contributed by atoms with E-state index in [0.717, 1.165) is 0 Å². The number of aromatic carboxylic acids is 1. The van der Waals surface area contributed by atoms with Crippen LogP contribution in [-0.2, 0) is 14.3 Å². The summed E-state index contributed by atoms with van der Waals surface area (Å²) in [4.78, 5) is 22.6. The molecule has 0 unspecified atom stereocenters. The molecule has 2 N–H and O–H groups in total. The van der Waals surface area contributed by atoms with Gasteiger partial charge in [-0.05, 0) is 30.7 Å². The highest BCUT2D eigenvalue weighted by atomic mass is 16.6. The maximum atomic E-state index is 11.8. The van der Waals surface area contributed by atoms with Crippen LogP contribution >= 0.6 is 0 Å². The molecular weight excluding hydrogens is 250 g/mol. The van der Waals surface area contributed by atoms with Crippen LogP contribution in [0.15, 0.2) is 30.2 Å². The molecule has 0 fully saturated rings. The van der Waals surface area contributed by atoms with Gasteiger partial charge >= 0.3 is 5.97 Å². The van der Waals surface area contributed by atoms with Crippen LogP contribution in [0, 0.1) is 6.92 Å². The average molecular weight is 263 g/mol. The molecule has 1 aliphatic heterocycles. The number of benzene rings is 1. The fourth-order valence-electron chi connectivity index (χ4n) is 1.61. The molecule has 100 valence electrons. The van der Waals surface area contributed by atoms with Crippen LogP contribution in [0.5, 0.6) is 0 Å². The molecule has 0 radical (unpaired) electrons. The monoisotopic (exact) mass is 263 g/mol. The van der Waals surface area contributed by atoms with E-state index >= 15 is 0 Å². The van der Waals surface area contributed by atoms with Crippen molar-refractivity contribution in [1.29, 1.82) is 0 Å². The molecular formula is C13H13NO5. The largest absolute Gasteiger partial charge is 0.494 e. The summed E-state index contributed by atoms with van der Waals surface area (Å²) in [7, 11) is 0. The number of carbonyl (C=O) groups excluding carboxylic acids is 1. The Balaban J connectivity index is 2.13. The van der Waals surface area contributed by atoms with Crippen molar-refractivity contribution >= 4 is 17.6 Å². The van der Waals surface area contributed by atoms with E-state index in [4.69, 9.17) is 14.6 Å². The predicted molar refractivity (Wildman–Crippen MR) is 66.8 cm³/mol. The van der Waals surface area contributed by atoms with Crippen molar-refractivity contribution in [3.05, 3.63) is 41.3 Å². The number of carboxylic acid groups (broad SMARTS) is 1. The summed E-state index contributed by atoms with van der Waals surface area (Å²) >= 11 is 0. The molecule has 0 atom stereocenters. The van der Waals surface area contributed by atoms with E-state index < -0.39 is 11.9 Å². The van der Waals surface area contributed by atoms with Gasteiger partial charge in [-0.2, -0.15) is 0 Å². The maximum absolute atomic E-state index is 11.8. The number of carboxylic acids is 1. The van der Waals surface area contributed by atoms with Crippen molar-refractivity contribution in [2.24, 2.45) is 0 Å². The summed E-state index contributed by atoms with van der Waals surface area (Å²) in [6, 6.07) is 4.46. The standard InChI is InChI=1S/C13H13NO5/c1-8-6-9(13(16)17)2-3-10(8)14-12(15)11-7-18-4-5-19-11/h2-3,6-7H,4-5H2,1H3,(H,14,15)(H,16,17). The Morgan fingerprint density at radius 3 is 2.68 bits per heavy atom. The van der Waals surface area contributed by atoms with Crippen LogP contribution in [0.4, 0.5) is 5.69 Å². The van der Waals surface area contributed by atoms with E-state index in [1.54, 1.807) is 13.0 Å². The number of hydrogen-bond donors (Lipinski definition) is 2. The van der Waals surface area contributed by atoms with E-state index in [1.807, 2.05) is 0 Å². The van der Waals surface area contributed by atoms with Crippen molar-refractivity contribution < 1.29 is 24.2 Å². The van der Waals surface area contributed by atoms with E-state index in [1.165, 1.54) is 18.4 Å². The van der Waals surface area contributed by atoms with Crippen molar-refractivity contribution in [2.75, 3.05) is 18.5 Å². The normalized spacial score (nSPS) is 13.8. The first-order valence-corrected chi connectivity index (χ1v) is 5.68. The van der Waals surface area contributed by atoms with Gasteiger partial charge in [-0.3, -0.25) is 4.79 Å². The summed E-state index contributed by atoms with van der Waals surface area (Å²) < 4.78 is 10.1. The molecule has 6 nitrogen and oxygen atoms in total. The van der Waals surface area contributed by atoms with Crippen LogP contribution < -0.4 is 5.32 Å². The van der Waals surface area contributed by atoms with Gasteiger partial charge in [-0.15, -0.1) is 0 Å². The van der Waals surface area contributed by atoms with Crippen LogP contribution in [0.3, 0.4) is 0 Å². The van der Waals surface area contributed by atoms with Gasteiger partial charge in [0.05, 0.1) is 5.56 Å². The highest BCUT2D eigenvalue weighted by molar-refractivity contribution is 6.02. The maximum Gasteiger partial charge on any atom is 0.335 e. The first-order valence-electron chi connectivity index (χ1n) is 5.68. The average Bonchev–Trinajstić information content (AvgIpc) is 2.41. The first kappa shape index (κ1) is 12.9. The number of nitrogens with one attached hydrogen (secondary N) is 1. The third-order valence-corrected chi connectivity index (χ3v) is 2.59. The van der Waals surface area contributed by atoms with Gasteiger partial charge < -0.3 is 19.9 Å². The third kappa shape index (κ3) is 3.04. The Hall–Kier alpha value is -2.50. The molecule has 1 heterocycles. The lowest BCUT2D eigenvalue weighted by molar-refractivity contribution is -0.117. The zero-order valence-electron chi connectivity index (χ0n) is 10.3. The molecule has 6 heteroatoms. The summed E-state index contributed by atoms with van der Waals surface area (Å²) in [5, 5.41) is 11.5. The lowest BCUT2D eigenvalue weighted by Gasteiger charge is -2.15. The smallest absolute Gasteiger partial charge is 0.335 e. The molecule has 19 heavy (non-hydrogen) atoms. The molecule has 0 aliphatic carbocycles. The van der Waals surface area contributed by atoms with E-state index in [2.05, 4.69) is 5.32 Å². The Labute approximate surface area is 109 Å². The van der Waals surface area contributed by atoms with Crippen LogP contribution in [-0.4, -0.2) is 30.2 Å². The summed E-state index contributed by atoms with van der Waals surface area (Å²) in [6.07, 6.45) is 1.26. The highest BCUT2D eigenvalue weighted by Gasteiger charge is 2.16. The quantitative estimate of drug-likeness (QED) is 0.863. The number of amides is 1. The van der Waals surface area contributed by atoms with Gasteiger partial charge in [-0.1, -0.05) is 0 Å². The summed E-state index contributed by atoms with van der Waals surface area (Å²) in [5.74, 6) is -1.33. The predicted octanol–water partition coefficient (Wildman–Crippen LogP) is 1.52. The fourth-order valence-corrected chi connectivity index (χ4v) is 1.61. The third-order valence-electron chi connectivity index (χ3n) is 2.59. The van der Waals surface area contributed by atoms with Gasteiger partial charge in [0, 0.05) is 5.69 Å². The van der Waals surface area contributed by atoms with Crippen LogP contribution in [0.2, 0.25) is 0 Å². The Kier molecular flexibility index (Phi) is 3.70. The molecule has 1 aromatic carbocycles. The lowest BCUT2D eigenvalue weighted by atomic mass is 10.1. The summed E-state index contributed by atoms with van der Waals surface area (Å²) in [6.45, 7) is 2.47. The fraction of sp³-hybridized carbons (Fsp3) is 0.231. The number of carbonyl (C=O) groups is 2.